The smallest absolute Gasteiger partial charge is 0.165 e. The van der Waals surface area contributed by atoms with Gasteiger partial charge in [-0.05, 0) is 36.8 Å². The number of aromatic hydroxyl groups is 1. The van der Waals surface area contributed by atoms with Gasteiger partial charge in [0.05, 0.1) is 30.9 Å². The van der Waals surface area contributed by atoms with Crippen LogP contribution in [0, 0.1) is 6.92 Å². The molecule has 7 heteroatoms. The lowest BCUT2D eigenvalue weighted by molar-refractivity contribution is 0.0724. The van der Waals surface area contributed by atoms with Crippen molar-refractivity contribution in [3.05, 3.63) is 48.0 Å². The van der Waals surface area contributed by atoms with Crippen LogP contribution >= 0.6 is 0 Å². The first-order valence-corrected chi connectivity index (χ1v) is 10.4. The van der Waals surface area contributed by atoms with E-state index in [0.717, 1.165) is 55.0 Å². The van der Waals surface area contributed by atoms with Gasteiger partial charge < -0.3 is 19.8 Å². The highest BCUT2D eigenvalue weighted by atomic mass is 16.5. The lowest BCUT2D eigenvalue weighted by Gasteiger charge is -2.35. The Morgan fingerprint density at radius 1 is 1.00 bits per heavy atom. The Hall–Kier alpha value is -2.74. The number of anilines is 1. The number of phenols is 1. The largest absolute Gasteiger partial charge is 0.507 e. The van der Waals surface area contributed by atoms with Gasteiger partial charge in [0.1, 0.15) is 11.6 Å². The monoisotopic (exact) mass is 408 g/mol. The van der Waals surface area contributed by atoms with E-state index in [1.165, 1.54) is 0 Å². The predicted octanol–water partition coefficient (Wildman–Crippen LogP) is 2.44. The number of rotatable bonds is 7. The summed E-state index contributed by atoms with van der Waals surface area (Å²) in [6, 6.07) is 13.4. The molecule has 0 amide bonds. The number of ether oxygens (including phenoxy) is 1. The average Bonchev–Trinajstić information content (AvgIpc) is 2.76. The van der Waals surface area contributed by atoms with E-state index >= 15 is 0 Å². The molecule has 1 aliphatic rings. The Kier molecular flexibility index (Phi) is 6.42. The third kappa shape index (κ3) is 4.53. The van der Waals surface area contributed by atoms with E-state index in [4.69, 9.17) is 19.8 Å². The van der Waals surface area contributed by atoms with Gasteiger partial charge in [0.2, 0.25) is 0 Å². The Morgan fingerprint density at radius 3 is 2.57 bits per heavy atom. The molecule has 30 heavy (non-hydrogen) atoms. The molecule has 7 nitrogen and oxygen atoms in total. The second-order valence-corrected chi connectivity index (χ2v) is 7.57. The van der Waals surface area contributed by atoms with Gasteiger partial charge in [-0.3, -0.25) is 4.90 Å². The minimum Gasteiger partial charge on any atom is -0.507 e. The number of hydrogen-bond acceptors (Lipinski definition) is 7. The van der Waals surface area contributed by atoms with Crippen molar-refractivity contribution in [2.75, 3.05) is 57.4 Å². The highest BCUT2D eigenvalue weighted by Crippen LogP contribution is 2.32. The topological polar surface area (TPSA) is 82.0 Å². The standard InChI is InChI=1S/C23H28N4O3/c1-17-6-7-18-20(16-17)24-22(19-4-2-3-5-21(19)29)25-23(18)27-10-8-26(9-11-27)12-14-30-15-13-28/h2-7,16,28-29H,8-15H2,1H3. The number of fused-ring (bicyclic) bond motifs is 1. The summed E-state index contributed by atoms with van der Waals surface area (Å²) in [6.07, 6.45) is 0. The van der Waals surface area contributed by atoms with Crippen molar-refractivity contribution in [2.24, 2.45) is 0 Å². The lowest BCUT2D eigenvalue weighted by Crippen LogP contribution is -2.47. The van der Waals surface area contributed by atoms with Crippen LogP contribution in [0.5, 0.6) is 5.75 Å². The molecule has 1 fully saturated rings. The van der Waals surface area contributed by atoms with Gasteiger partial charge >= 0.3 is 0 Å². The zero-order chi connectivity index (χ0) is 20.9. The zero-order valence-corrected chi connectivity index (χ0v) is 17.3. The molecule has 3 aromatic rings. The molecule has 0 aliphatic carbocycles. The number of benzene rings is 2. The molecule has 4 rings (SSSR count). The lowest BCUT2D eigenvalue weighted by atomic mass is 10.1. The van der Waals surface area contributed by atoms with Crippen LogP contribution in [0.15, 0.2) is 42.5 Å². The van der Waals surface area contributed by atoms with Gasteiger partial charge in [-0.1, -0.05) is 18.2 Å². The number of para-hydroxylation sites is 1. The first-order chi connectivity index (χ1) is 14.7. The number of aromatic nitrogens is 2. The van der Waals surface area contributed by atoms with Crippen molar-refractivity contribution in [3.63, 3.8) is 0 Å². The van der Waals surface area contributed by atoms with Gasteiger partial charge in [0.15, 0.2) is 5.82 Å². The van der Waals surface area contributed by atoms with E-state index in [9.17, 15) is 5.11 Å². The summed E-state index contributed by atoms with van der Waals surface area (Å²) in [4.78, 5) is 14.3. The molecule has 2 aromatic carbocycles. The number of piperazine rings is 1. The quantitative estimate of drug-likeness (QED) is 0.581. The summed E-state index contributed by atoms with van der Waals surface area (Å²) < 4.78 is 5.39. The van der Waals surface area contributed by atoms with Gasteiger partial charge in [0, 0.05) is 38.1 Å². The van der Waals surface area contributed by atoms with Crippen LogP contribution in [0.4, 0.5) is 5.82 Å². The maximum atomic E-state index is 10.3. The second-order valence-electron chi connectivity index (χ2n) is 7.57. The van der Waals surface area contributed by atoms with Crippen LogP contribution in [0.3, 0.4) is 0 Å². The fourth-order valence-electron chi connectivity index (χ4n) is 3.79. The molecule has 0 radical (unpaired) electrons. The van der Waals surface area contributed by atoms with E-state index < -0.39 is 0 Å². The van der Waals surface area contributed by atoms with Crippen molar-refractivity contribution >= 4 is 16.7 Å². The summed E-state index contributed by atoms with van der Waals surface area (Å²) in [6.45, 7) is 7.57. The summed E-state index contributed by atoms with van der Waals surface area (Å²) in [7, 11) is 0. The number of aliphatic hydroxyl groups is 1. The van der Waals surface area contributed by atoms with Gasteiger partial charge in [-0.2, -0.15) is 0 Å². The molecular formula is C23H28N4O3. The Morgan fingerprint density at radius 2 is 1.80 bits per heavy atom. The number of phenolic OH excluding ortho intramolecular Hbond substituents is 1. The van der Waals surface area contributed by atoms with Crippen molar-refractivity contribution < 1.29 is 14.9 Å². The Bertz CT molecular complexity index is 1000. The fraction of sp³-hybridized carbons (Fsp3) is 0.391. The van der Waals surface area contributed by atoms with Gasteiger partial charge in [-0.25, -0.2) is 9.97 Å². The number of aryl methyl sites for hydroxylation is 1. The van der Waals surface area contributed by atoms with E-state index in [-0.39, 0.29) is 12.4 Å². The average molecular weight is 409 g/mol. The molecule has 1 saturated heterocycles. The number of hydrogen-bond donors (Lipinski definition) is 2. The highest BCUT2D eigenvalue weighted by Gasteiger charge is 2.21. The summed E-state index contributed by atoms with van der Waals surface area (Å²) in [5.41, 5.74) is 2.67. The highest BCUT2D eigenvalue weighted by molar-refractivity contribution is 5.92. The van der Waals surface area contributed by atoms with E-state index in [2.05, 4.69) is 34.9 Å². The van der Waals surface area contributed by atoms with Crippen molar-refractivity contribution in [2.45, 2.75) is 6.92 Å². The predicted molar refractivity (Wildman–Crippen MR) is 118 cm³/mol. The van der Waals surface area contributed by atoms with E-state index in [1.54, 1.807) is 12.1 Å². The normalized spacial score (nSPS) is 15.1. The molecule has 158 valence electrons. The van der Waals surface area contributed by atoms with E-state index in [0.29, 0.717) is 24.6 Å². The first-order valence-electron chi connectivity index (χ1n) is 10.4. The van der Waals surface area contributed by atoms with E-state index in [1.807, 2.05) is 12.1 Å². The number of aliphatic hydroxyl groups excluding tert-OH is 1. The van der Waals surface area contributed by atoms with Crippen molar-refractivity contribution in [1.82, 2.24) is 14.9 Å². The summed E-state index contributed by atoms with van der Waals surface area (Å²) >= 11 is 0. The molecular weight excluding hydrogens is 380 g/mol. The van der Waals surface area contributed by atoms with Gasteiger partial charge in [0.25, 0.3) is 0 Å². The Balaban J connectivity index is 1.60. The van der Waals surface area contributed by atoms with Crippen LogP contribution in [-0.2, 0) is 4.74 Å². The maximum Gasteiger partial charge on any atom is 0.165 e. The minimum atomic E-state index is 0.0628. The molecule has 2 N–H and O–H groups in total. The van der Waals surface area contributed by atoms with Crippen LogP contribution in [0.2, 0.25) is 0 Å². The number of nitrogens with zero attached hydrogens (tertiary/aromatic N) is 4. The SMILES string of the molecule is Cc1ccc2c(N3CCN(CCOCCO)CC3)nc(-c3ccccc3O)nc2c1. The van der Waals surface area contributed by atoms with Crippen LogP contribution in [-0.4, -0.2) is 77.6 Å². The molecule has 1 aliphatic heterocycles. The third-order valence-electron chi connectivity index (χ3n) is 5.44. The van der Waals surface area contributed by atoms with Crippen LogP contribution < -0.4 is 4.90 Å². The minimum absolute atomic E-state index is 0.0628. The van der Waals surface area contributed by atoms with Crippen molar-refractivity contribution in [1.29, 1.82) is 0 Å². The summed E-state index contributed by atoms with van der Waals surface area (Å²) in [5.74, 6) is 1.64. The van der Waals surface area contributed by atoms with Gasteiger partial charge in [-0.15, -0.1) is 0 Å². The fourth-order valence-corrected chi connectivity index (χ4v) is 3.79. The first kappa shape index (κ1) is 20.5. The Labute approximate surface area is 176 Å². The molecule has 2 heterocycles. The third-order valence-corrected chi connectivity index (χ3v) is 5.44. The van der Waals surface area contributed by atoms with Crippen LogP contribution in [0.25, 0.3) is 22.3 Å². The molecule has 0 atom stereocenters. The molecule has 0 spiro atoms. The molecule has 0 saturated carbocycles. The molecule has 0 unspecified atom stereocenters. The van der Waals surface area contributed by atoms with Crippen LogP contribution in [0.1, 0.15) is 5.56 Å². The second kappa shape index (κ2) is 9.38. The molecule has 0 bridgehead atoms. The van der Waals surface area contributed by atoms with Crippen molar-refractivity contribution in [3.8, 4) is 17.1 Å². The molecule has 1 aromatic heterocycles. The summed E-state index contributed by atoms with van der Waals surface area (Å²) in [5, 5.41) is 20.2. The maximum absolute atomic E-state index is 10.3. The zero-order valence-electron chi connectivity index (χ0n) is 17.3.